The maximum atomic E-state index is 9.87. The quantitative estimate of drug-likeness (QED) is 0.790. The lowest BCUT2D eigenvalue weighted by molar-refractivity contribution is 0.245. The van der Waals surface area contributed by atoms with Gasteiger partial charge in [-0.1, -0.05) is 0 Å². The minimum atomic E-state index is -0.470. The highest BCUT2D eigenvalue weighted by atomic mass is 16.5. The molecule has 84 valence electrons. The molecule has 16 heavy (non-hydrogen) atoms. The fourth-order valence-corrected chi connectivity index (χ4v) is 2.05. The number of aromatic hydroxyl groups is 1. The molecule has 0 saturated heterocycles. The van der Waals surface area contributed by atoms with E-state index in [4.69, 9.17) is 15.7 Å². The normalized spacial score (nSPS) is 17.3. The van der Waals surface area contributed by atoms with Crippen LogP contribution in [0.3, 0.4) is 0 Å². The van der Waals surface area contributed by atoms with Crippen LogP contribution in [-0.2, 0) is 5.54 Å². The molecule has 0 atom stereocenters. The zero-order valence-electron chi connectivity index (χ0n) is 9.16. The van der Waals surface area contributed by atoms with Crippen LogP contribution in [0.5, 0.6) is 11.5 Å². The molecule has 0 aromatic heterocycles. The smallest absolute Gasteiger partial charge is 0.140 e. The first-order valence-corrected chi connectivity index (χ1v) is 5.21. The molecule has 1 aromatic carbocycles. The van der Waals surface area contributed by atoms with Crippen LogP contribution in [0.15, 0.2) is 12.1 Å². The van der Waals surface area contributed by atoms with Crippen molar-refractivity contribution in [1.29, 1.82) is 5.26 Å². The van der Waals surface area contributed by atoms with Crippen LogP contribution in [0.25, 0.3) is 0 Å². The van der Waals surface area contributed by atoms with Gasteiger partial charge in [0.15, 0.2) is 0 Å². The van der Waals surface area contributed by atoms with Gasteiger partial charge < -0.3 is 15.6 Å². The fraction of sp³-hybridized carbons (Fsp3) is 0.417. The lowest BCUT2D eigenvalue weighted by Gasteiger charge is -2.39. The average Bonchev–Trinajstić information content (AvgIpc) is 2.25. The van der Waals surface area contributed by atoms with Gasteiger partial charge in [0.2, 0.25) is 0 Å². The summed E-state index contributed by atoms with van der Waals surface area (Å²) in [5.41, 5.74) is 6.72. The summed E-state index contributed by atoms with van der Waals surface area (Å²) in [6.07, 6.45) is 2.75. The molecule has 0 heterocycles. The number of hydrogen-bond acceptors (Lipinski definition) is 4. The van der Waals surface area contributed by atoms with Crippen LogP contribution in [0.4, 0.5) is 0 Å². The molecule has 1 saturated carbocycles. The number of nitriles is 1. The Bertz CT molecular complexity index is 459. The zero-order chi connectivity index (χ0) is 11.8. The van der Waals surface area contributed by atoms with Crippen molar-refractivity contribution in [2.75, 3.05) is 7.11 Å². The van der Waals surface area contributed by atoms with E-state index in [9.17, 15) is 5.11 Å². The molecular formula is C12H14N2O2. The van der Waals surface area contributed by atoms with Crippen LogP contribution in [0.2, 0.25) is 0 Å². The number of phenolic OH excluding ortho intramolecular Hbond substituents is 1. The molecule has 0 amide bonds. The van der Waals surface area contributed by atoms with Crippen LogP contribution in [-0.4, -0.2) is 12.2 Å². The van der Waals surface area contributed by atoms with Crippen molar-refractivity contribution in [3.8, 4) is 17.6 Å². The van der Waals surface area contributed by atoms with Crippen molar-refractivity contribution < 1.29 is 9.84 Å². The summed E-state index contributed by atoms with van der Waals surface area (Å²) in [5.74, 6) is 0.490. The van der Waals surface area contributed by atoms with E-state index in [0.29, 0.717) is 16.9 Å². The highest BCUT2D eigenvalue weighted by molar-refractivity contribution is 5.53. The van der Waals surface area contributed by atoms with Crippen LogP contribution < -0.4 is 10.5 Å². The van der Waals surface area contributed by atoms with E-state index >= 15 is 0 Å². The molecule has 0 unspecified atom stereocenters. The van der Waals surface area contributed by atoms with Crippen LogP contribution in [0, 0.1) is 11.3 Å². The SMILES string of the molecule is COc1cc(O)c(C2(N)CCC2)cc1C#N. The maximum absolute atomic E-state index is 9.87. The van der Waals surface area contributed by atoms with Gasteiger partial charge in [-0.15, -0.1) is 0 Å². The summed E-state index contributed by atoms with van der Waals surface area (Å²) in [7, 11) is 1.47. The molecule has 1 aromatic rings. The van der Waals surface area contributed by atoms with Gasteiger partial charge in [-0.3, -0.25) is 0 Å². The Balaban J connectivity index is 2.51. The van der Waals surface area contributed by atoms with Gasteiger partial charge in [0.05, 0.1) is 12.7 Å². The monoisotopic (exact) mass is 218 g/mol. The molecule has 1 fully saturated rings. The summed E-state index contributed by atoms with van der Waals surface area (Å²) < 4.78 is 5.01. The largest absolute Gasteiger partial charge is 0.507 e. The van der Waals surface area contributed by atoms with E-state index in [1.807, 2.05) is 6.07 Å². The molecule has 3 N–H and O–H groups in total. The summed E-state index contributed by atoms with van der Waals surface area (Å²) >= 11 is 0. The van der Waals surface area contributed by atoms with Crippen molar-refractivity contribution in [1.82, 2.24) is 0 Å². The first-order valence-electron chi connectivity index (χ1n) is 5.21. The van der Waals surface area contributed by atoms with Crippen molar-refractivity contribution >= 4 is 0 Å². The lowest BCUT2D eigenvalue weighted by Crippen LogP contribution is -2.43. The van der Waals surface area contributed by atoms with E-state index in [-0.39, 0.29) is 5.75 Å². The third-order valence-electron chi connectivity index (χ3n) is 3.22. The highest BCUT2D eigenvalue weighted by Gasteiger charge is 2.37. The molecule has 4 nitrogen and oxygen atoms in total. The Labute approximate surface area is 94.3 Å². The van der Waals surface area contributed by atoms with Crippen molar-refractivity contribution in [3.05, 3.63) is 23.3 Å². The first kappa shape index (κ1) is 10.8. The van der Waals surface area contributed by atoms with Crippen molar-refractivity contribution in [2.45, 2.75) is 24.8 Å². The second-order valence-corrected chi connectivity index (χ2v) is 4.19. The number of phenols is 1. The van der Waals surface area contributed by atoms with Gasteiger partial charge in [-0.05, 0) is 25.3 Å². The fourth-order valence-electron chi connectivity index (χ4n) is 2.05. The van der Waals surface area contributed by atoms with E-state index in [2.05, 4.69) is 0 Å². The van der Waals surface area contributed by atoms with Gasteiger partial charge in [0.1, 0.15) is 17.6 Å². The first-order chi connectivity index (χ1) is 7.60. The third-order valence-corrected chi connectivity index (χ3v) is 3.22. The Hall–Kier alpha value is -1.73. The summed E-state index contributed by atoms with van der Waals surface area (Å²) in [6, 6.07) is 5.13. The lowest BCUT2D eigenvalue weighted by atomic mass is 9.72. The highest BCUT2D eigenvalue weighted by Crippen LogP contribution is 2.44. The Morgan fingerprint density at radius 3 is 2.62 bits per heavy atom. The second kappa shape index (κ2) is 3.69. The van der Waals surface area contributed by atoms with E-state index < -0.39 is 5.54 Å². The van der Waals surface area contributed by atoms with Gasteiger partial charge in [0.25, 0.3) is 0 Å². The van der Waals surface area contributed by atoms with E-state index in [1.165, 1.54) is 13.2 Å². The number of benzene rings is 1. The minimum Gasteiger partial charge on any atom is -0.507 e. The molecule has 0 aliphatic heterocycles. The number of hydrogen-bond donors (Lipinski definition) is 2. The standard InChI is InChI=1S/C12H14N2O2/c1-16-11-6-10(15)9(5-8(11)7-13)12(14)3-2-4-12/h5-6,15H,2-4,14H2,1H3. The molecule has 2 rings (SSSR count). The maximum Gasteiger partial charge on any atom is 0.140 e. The van der Waals surface area contributed by atoms with Crippen molar-refractivity contribution in [3.63, 3.8) is 0 Å². The summed E-state index contributed by atoms with van der Waals surface area (Å²) in [4.78, 5) is 0. The molecule has 0 spiro atoms. The van der Waals surface area contributed by atoms with Crippen molar-refractivity contribution in [2.24, 2.45) is 5.73 Å². The zero-order valence-corrected chi connectivity index (χ0v) is 9.16. The van der Waals surface area contributed by atoms with Crippen LogP contribution >= 0.6 is 0 Å². The Kier molecular flexibility index (Phi) is 2.49. The Morgan fingerprint density at radius 1 is 1.50 bits per heavy atom. The van der Waals surface area contributed by atoms with E-state index in [0.717, 1.165) is 19.3 Å². The third kappa shape index (κ3) is 1.50. The Morgan fingerprint density at radius 2 is 2.19 bits per heavy atom. The van der Waals surface area contributed by atoms with Gasteiger partial charge in [-0.25, -0.2) is 0 Å². The van der Waals surface area contributed by atoms with Gasteiger partial charge in [0, 0.05) is 17.2 Å². The second-order valence-electron chi connectivity index (χ2n) is 4.19. The number of nitrogens with zero attached hydrogens (tertiary/aromatic N) is 1. The summed E-state index contributed by atoms with van der Waals surface area (Å²) in [6.45, 7) is 0. The van der Waals surface area contributed by atoms with Crippen LogP contribution in [0.1, 0.15) is 30.4 Å². The predicted octanol–water partition coefficient (Wildman–Crippen LogP) is 1.61. The molecule has 0 bridgehead atoms. The number of rotatable bonds is 2. The van der Waals surface area contributed by atoms with Gasteiger partial charge >= 0.3 is 0 Å². The molecule has 1 aliphatic carbocycles. The number of methoxy groups -OCH3 is 1. The minimum absolute atomic E-state index is 0.109. The van der Waals surface area contributed by atoms with Gasteiger partial charge in [-0.2, -0.15) is 5.26 Å². The molecular weight excluding hydrogens is 204 g/mol. The predicted molar refractivity (Wildman–Crippen MR) is 59.1 cm³/mol. The number of nitrogens with two attached hydrogens (primary N) is 1. The molecule has 0 radical (unpaired) electrons. The molecule has 1 aliphatic rings. The topological polar surface area (TPSA) is 79.3 Å². The van der Waals surface area contributed by atoms with E-state index in [1.54, 1.807) is 6.07 Å². The average molecular weight is 218 g/mol. The number of ether oxygens (including phenoxy) is 1. The molecule has 4 heteroatoms. The summed E-state index contributed by atoms with van der Waals surface area (Å²) in [5, 5.41) is 18.8.